The lowest BCUT2D eigenvalue weighted by Crippen LogP contribution is -2.10. The van der Waals surface area contributed by atoms with E-state index in [1.54, 1.807) is 0 Å². The van der Waals surface area contributed by atoms with Crippen molar-refractivity contribution in [3.63, 3.8) is 0 Å². The van der Waals surface area contributed by atoms with E-state index in [-0.39, 0.29) is 5.41 Å². The van der Waals surface area contributed by atoms with Crippen molar-refractivity contribution in [2.24, 2.45) is 0 Å². The van der Waals surface area contributed by atoms with E-state index in [4.69, 9.17) is 27.7 Å². The largest absolute Gasteiger partial charge is 0.339 e. The molecule has 0 unspecified atom stereocenters. The molecule has 1 aliphatic rings. The van der Waals surface area contributed by atoms with Crippen molar-refractivity contribution in [3.8, 4) is 0 Å². The summed E-state index contributed by atoms with van der Waals surface area (Å²) in [5.41, 5.74) is 0.937. The maximum atomic E-state index is 6.11. The Hall–Kier alpha value is -1.06. The zero-order valence-corrected chi connectivity index (χ0v) is 12.8. The summed E-state index contributed by atoms with van der Waals surface area (Å²) in [6.45, 7) is 1.95. The molecule has 2 aromatic rings. The summed E-state index contributed by atoms with van der Waals surface area (Å²) in [6, 6.07) is 10.4. The molecule has 1 aliphatic carbocycles. The molecule has 0 aliphatic heterocycles. The van der Waals surface area contributed by atoms with E-state index < -0.39 is 4.33 Å². The predicted octanol–water partition coefficient (Wildman–Crippen LogP) is 4.08. The minimum atomic E-state index is -0.763. The van der Waals surface area contributed by atoms with Gasteiger partial charge >= 0.3 is 0 Å². The van der Waals surface area contributed by atoms with Crippen LogP contribution in [0.3, 0.4) is 0 Å². The molecule has 1 fully saturated rings. The normalized spacial score (nSPS) is 23.8. The van der Waals surface area contributed by atoms with E-state index in [9.17, 15) is 0 Å². The molecule has 3 rings (SSSR count). The van der Waals surface area contributed by atoms with Gasteiger partial charge in [-0.15, -0.1) is 23.2 Å². The number of aryl methyl sites for hydroxylation is 2. The molecule has 3 nitrogen and oxygen atoms in total. The first-order valence-corrected chi connectivity index (χ1v) is 7.52. The second-order valence-corrected chi connectivity index (χ2v) is 7.05. The third-order valence-corrected chi connectivity index (χ3v) is 5.01. The summed E-state index contributed by atoms with van der Waals surface area (Å²) in [5.74, 6) is 1.28. The predicted molar refractivity (Wildman–Crippen MR) is 79.2 cm³/mol. The van der Waals surface area contributed by atoms with Gasteiger partial charge in [0.25, 0.3) is 0 Å². The van der Waals surface area contributed by atoms with Crippen LogP contribution < -0.4 is 0 Å². The molecule has 1 heterocycles. The SMILES string of the molecule is C[C@@]1(c2nc(CCCc3ccccc3)no2)CC1(Cl)Cl. The summed E-state index contributed by atoms with van der Waals surface area (Å²) in [7, 11) is 0. The molecule has 0 N–H and O–H groups in total. The van der Waals surface area contributed by atoms with Crippen LogP contribution in [0, 0.1) is 0 Å². The van der Waals surface area contributed by atoms with Crippen LogP contribution in [0.25, 0.3) is 0 Å². The van der Waals surface area contributed by atoms with Crippen LogP contribution in [-0.2, 0) is 18.3 Å². The number of hydrogen-bond acceptors (Lipinski definition) is 3. The van der Waals surface area contributed by atoms with Crippen molar-refractivity contribution < 1.29 is 4.52 Å². The van der Waals surface area contributed by atoms with E-state index in [0.717, 1.165) is 25.1 Å². The smallest absolute Gasteiger partial charge is 0.235 e. The Balaban J connectivity index is 1.56. The van der Waals surface area contributed by atoms with Crippen LogP contribution in [0.15, 0.2) is 34.9 Å². The van der Waals surface area contributed by atoms with Crippen molar-refractivity contribution >= 4 is 23.2 Å². The van der Waals surface area contributed by atoms with Crippen molar-refractivity contribution in [3.05, 3.63) is 47.6 Å². The molecule has 1 aromatic heterocycles. The summed E-state index contributed by atoms with van der Waals surface area (Å²) in [5, 5.41) is 4.02. The molecule has 0 saturated heterocycles. The Morgan fingerprint density at radius 2 is 1.90 bits per heavy atom. The lowest BCUT2D eigenvalue weighted by molar-refractivity contribution is 0.347. The van der Waals surface area contributed by atoms with Crippen molar-refractivity contribution in [1.82, 2.24) is 10.1 Å². The van der Waals surface area contributed by atoms with E-state index in [2.05, 4.69) is 34.4 Å². The Labute approximate surface area is 128 Å². The lowest BCUT2D eigenvalue weighted by atomic mass is 10.1. The highest BCUT2D eigenvalue weighted by molar-refractivity contribution is 6.52. The van der Waals surface area contributed by atoms with Gasteiger partial charge in [0, 0.05) is 6.42 Å². The second kappa shape index (κ2) is 5.05. The molecule has 1 aromatic carbocycles. The summed E-state index contributed by atoms with van der Waals surface area (Å²) < 4.78 is 4.54. The molecule has 0 bridgehead atoms. The van der Waals surface area contributed by atoms with Gasteiger partial charge in [0.2, 0.25) is 5.89 Å². The first kappa shape index (κ1) is 13.9. The van der Waals surface area contributed by atoms with Gasteiger partial charge in [-0.25, -0.2) is 0 Å². The minimum absolute atomic E-state index is 0.388. The van der Waals surface area contributed by atoms with E-state index in [1.165, 1.54) is 5.56 Å². The fourth-order valence-corrected chi connectivity index (χ4v) is 3.00. The van der Waals surface area contributed by atoms with Crippen LogP contribution in [0.2, 0.25) is 0 Å². The quantitative estimate of drug-likeness (QED) is 0.781. The van der Waals surface area contributed by atoms with Gasteiger partial charge in [0.15, 0.2) is 5.82 Å². The molecule has 5 heteroatoms. The highest BCUT2D eigenvalue weighted by atomic mass is 35.5. The van der Waals surface area contributed by atoms with Crippen LogP contribution in [0.4, 0.5) is 0 Å². The number of hydrogen-bond donors (Lipinski definition) is 0. The fourth-order valence-electron chi connectivity index (χ4n) is 2.31. The third-order valence-electron chi connectivity index (χ3n) is 3.91. The Bertz CT molecular complexity index is 597. The molecular weight excluding hydrogens is 295 g/mol. The number of benzene rings is 1. The highest BCUT2D eigenvalue weighted by Crippen LogP contribution is 2.64. The average molecular weight is 311 g/mol. The molecule has 20 heavy (non-hydrogen) atoms. The first-order chi connectivity index (χ1) is 9.51. The molecule has 0 amide bonds. The molecular formula is C15H16Cl2N2O. The van der Waals surface area contributed by atoms with E-state index in [1.807, 2.05) is 13.0 Å². The Kier molecular flexibility index (Phi) is 3.51. The zero-order chi connectivity index (χ0) is 14.2. The van der Waals surface area contributed by atoms with Crippen molar-refractivity contribution in [2.45, 2.75) is 42.4 Å². The van der Waals surface area contributed by atoms with E-state index >= 15 is 0 Å². The molecule has 1 saturated carbocycles. The second-order valence-electron chi connectivity index (χ2n) is 5.57. The van der Waals surface area contributed by atoms with Crippen LogP contribution in [-0.4, -0.2) is 14.5 Å². The summed E-state index contributed by atoms with van der Waals surface area (Å²) in [4.78, 5) is 4.42. The van der Waals surface area contributed by atoms with Gasteiger partial charge in [-0.05, 0) is 31.7 Å². The molecule has 0 spiro atoms. The number of rotatable bonds is 5. The number of alkyl halides is 2. The average Bonchev–Trinajstić information content (AvgIpc) is 2.80. The van der Waals surface area contributed by atoms with Crippen LogP contribution >= 0.6 is 23.2 Å². The van der Waals surface area contributed by atoms with Gasteiger partial charge in [-0.2, -0.15) is 4.98 Å². The maximum Gasteiger partial charge on any atom is 0.235 e. The van der Waals surface area contributed by atoms with Gasteiger partial charge in [-0.1, -0.05) is 35.5 Å². The number of aromatic nitrogens is 2. The minimum Gasteiger partial charge on any atom is -0.339 e. The van der Waals surface area contributed by atoms with Crippen LogP contribution in [0.1, 0.15) is 37.0 Å². The molecule has 0 radical (unpaired) electrons. The van der Waals surface area contributed by atoms with Crippen LogP contribution in [0.5, 0.6) is 0 Å². The monoisotopic (exact) mass is 310 g/mol. The van der Waals surface area contributed by atoms with Crippen molar-refractivity contribution in [1.29, 1.82) is 0 Å². The highest BCUT2D eigenvalue weighted by Gasteiger charge is 2.67. The summed E-state index contributed by atoms with van der Waals surface area (Å²) >= 11 is 12.2. The first-order valence-electron chi connectivity index (χ1n) is 6.76. The lowest BCUT2D eigenvalue weighted by Gasteiger charge is -2.04. The van der Waals surface area contributed by atoms with Gasteiger partial charge in [-0.3, -0.25) is 0 Å². The number of nitrogens with zero attached hydrogens (tertiary/aromatic N) is 2. The van der Waals surface area contributed by atoms with Crippen molar-refractivity contribution in [2.75, 3.05) is 0 Å². The third kappa shape index (κ3) is 2.57. The van der Waals surface area contributed by atoms with E-state index in [0.29, 0.717) is 12.3 Å². The molecule has 1 atom stereocenters. The number of halogens is 2. The topological polar surface area (TPSA) is 38.9 Å². The maximum absolute atomic E-state index is 6.11. The van der Waals surface area contributed by atoms with Gasteiger partial charge < -0.3 is 4.52 Å². The van der Waals surface area contributed by atoms with Gasteiger partial charge in [0.1, 0.15) is 4.33 Å². The van der Waals surface area contributed by atoms with Gasteiger partial charge in [0.05, 0.1) is 5.41 Å². The Morgan fingerprint density at radius 3 is 2.55 bits per heavy atom. The zero-order valence-electron chi connectivity index (χ0n) is 11.3. The summed E-state index contributed by atoms with van der Waals surface area (Å²) in [6.07, 6.45) is 3.46. The Morgan fingerprint density at radius 1 is 1.20 bits per heavy atom. The molecule has 106 valence electrons. The fraction of sp³-hybridized carbons (Fsp3) is 0.467. The standard InChI is InChI=1S/C15H16Cl2N2O/c1-14(10-15(14,16)17)13-18-12(19-20-13)9-5-8-11-6-3-2-4-7-11/h2-4,6-7H,5,8-10H2,1H3/t14-/m0/s1.